The molecule has 3 heteroatoms. The van der Waals surface area contributed by atoms with Crippen molar-refractivity contribution in [1.29, 1.82) is 0 Å². The molecule has 0 saturated carbocycles. The standard InChI is InChI=1S/C7H8O2S/c8-7-3-1-6(2-4-7)5-9-10/h1-4,8,10H,5H2. The van der Waals surface area contributed by atoms with E-state index in [0.29, 0.717) is 6.61 Å². The first kappa shape index (κ1) is 7.44. The van der Waals surface area contributed by atoms with E-state index in [0.717, 1.165) is 5.56 Å². The van der Waals surface area contributed by atoms with Crippen LogP contribution in [0.25, 0.3) is 0 Å². The molecule has 0 spiro atoms. The van der Waals surface area contributed by atoms with Crippen molar-refractivity contribution >= 4 is 12.9 Å². The second-order valence-electron chi connectivity index (χ2n) is 1.94. The van der Waals surface area contributed by atoms with Gasteiger partial charge in [0.25, 0.3) is 0 Å². The molecule has 0 aliphatic heterocycles. The number of hydrogen-bond acceptors (Lipinski definition) is 3. The van der Waals surface area contributed by atoms with Crippen LogP contribution in [0.3, 0.4) is 0 Å². The molecule has 0 aliphatic rings. The molecule has 0 aliphatic carbocycles. The second kappa shape index (κ2) is 3.49. The van der Waals surface area contributed by atoms with E-state index < -0.39 is 0 Å². The average Bonchev–Trinajstić information content (AvgIpc) is 1.95. The molecule has 0 radical (unpaired) electrons. The molecular formula is C7H8O2S. The van der Waals surface area contributed by atoms with Crippen molar-refractivity contribution in [3.63, 3.8) is 0 Å². The summed E-state index contributed by atoms with van der Waals surface area (Å²) in [6.07, 6.45) is 0. The highest BCUT2D eigenvalue weighted by Gasteiger charge is 1.90. The normalized spacial score (nSPS) is 9.70. The zero-order valence-electron chi connectivity index (χ0n) is 5.32. The first-order chi connectivity index (χ1) is 4.83. The maximum atomic E-state index is 8.86. The van der Waals surface area contributed by atoms with Crippen molar-refractivity contribution in [1.82, 2.24) is 0 Å². The van der Waals surface area contributed by atoms with E-state index >= 15 is 0 Å². The van der Waals surface area contributed by atoms with Gasteiger partial charge in [-0.25, -0.2) is 0 Å². The van der Waals surface area contributed by atoms with Crippen LogP contribution in [0.4, 0.5) is 0 Å². The lowest BCUT2D eigenvalue weighted by Gasteiger charge is -1.96. The molecule has 2 nitrogen and oxygen atoms in total. The fourth-order valence-corrected chi connectivity index (χ4v) is 0.816. The minimum atomic E-state index is 0.267. The minimum Gasteiger partial charge on any atom is -0.508 e. The predicted molar refractivity (Wildman–Crippen MR) is 41.9 cm³/mol. The topological polar surface area (TPSA) is 29.5 Å². The van der Waals surface area contributed by atoms with Gasteiger partial charge in [0.2, 0.25) is 0 Å². The zero-order valence-corrected chi connectivity index (χ0v) is 6.21. The van der Waals surface area contributed by atoms with Crippen LogP contribution in [-0.2, 0) is 10.8 Å². The number of rotatable bonds is 2. The number of thiol groups is 1. The number of phenols is 1. The monoisotopic (exact) mass is 156 g/mol. The fourth-order valence-electron chi connectivity index (χ4n) is 0.667. The molecule has 0 unspecified atom stereocenters. The van der Waals surface area contributed by atoms with Gasteiger partial charge in [0.15, 0.2) is 0 Å². The Balaban J connectivity index is 2.69. The van der Waals surface area contributed by atoms with Crippen LogP contribution in [0.5, 0.6) is 5.75 Å². The van der Waals surface area contributed by atoms with Crippen LogP contribution in [0.15, 0.2) is 24.3 Å². The fraction of sp³-hybridized carbons (Fsp3) is 0.143. The van der Waals surface area contributed by atoms with Gasteiger partial charge >= 0.3 is 0 Å². The van der Waals surface area contributed by atoms with Crippen LogP contribution in [-0.4, -0.2) is 5.11 Å². The molecule has 1 rings (SSSR count). The molecule has 1 aromatic carbocycles. The maximum Gasteiger partial charge on any atom is 0.115 e. The third kappa shape index (κ3) is 1.93. The highest BCUT2D eigenvalue weighted by atomic mass is 32.1. The molecular weight excluding hydrogens is 148 g/mol. The Labute approximate surface area is 65.1 Å². The highest BCUT2D eigenvalue weighted by molar-refractivity contribution is 7.75. The summed E-state index contributed by atoms with van der Waals surface area (Å²) in [6.45, 7) is 0.462. The van der Waals surface area contributed by atoms with E-state index in [2.05, 4.69) is 17.1 Å². The van der Waals surface area contributed by atoms with E-state index in [1.54, 1.807) is 24.3 Å². The number of phenolic OH excluding ortho intramolecular Hbond substituents is 1. The summed E-state index contributed by atoms with van der Waals surface area (Å²) in [6, 6.07) is 6.79. The van der Waals surface area contributed by atoms with Gasteiger partial charge in [-0.3, -0.25) is 0 Å². The van der Waals surface area contributed by atoms with Crippen molar-refractivity contribution in [2.75, 3.05) is 0 Å². The molecule has 0 atom stereocenters. The average molecular weight is 156 g/mol. The van der Waals surface area contributed by atoms with Crippen LogP contribution < -0.4 is 0 Å². The van der Waals surface area contributed by atoms with Gasteiger partial charge in [-0.1, -0.05) is 12.1 Å². The Kier molecular flexibility index (Phi) is 2.59. The summed E-state index contributed by atoms with van der Waals surface area (Å²) in [7, 11) is 0. The molecule has 0 saturated heterocycles. The first-order valence-corrected chi connectivity index (χ1v) is 3.23. The molecule has 1 N–H and O–H groups in total. The Hall–Kier alpha value is -0.670. The number of aromatic hydroxyl groups is 1. The lowest BCUT2D eigenvalue weighted by Crippen LogP contribution is -1.81. The largest absolute Gasteiger partial charge is 0.508 e. The van der Waals surface area contributed by atoms with Crippen LogP contribution >= 0.6 is 12.9 Å². The van der Waals surface area contributed by atoms with Crippen molar-refractivity contribution in [2.45, 2.75) is 6.61 Å². The third-order valence-electron chi connectivity index (χ3n) is 1.17. The number of benzene rings is 1. The molecule has 0 fully saturated rings. The van der Waals surface area contributed by atoms with Crippen molar-refractivity contribution < 1.29 is 9.29 Å². The van der Waals surface area contributed by atoms with Gasteiger partial charge in [-0.05, 0) is 30.6 Å². The quantitative estimate of drug-likeness (QED) is 0.504. The maximum absolute atomic E-state index is 8.86. The van der Waals surface area contributed by atoms with E-state index in [4.69, 9.17) is 5.11 Å². The molecule has 0 aromatic heterocycles. The zero-order chi connectivity index (χ0) is 7.40. The van der Waals surface area contributed by atoms with Gasteiger partial charge in [-0.2, -0.15) is 0 Å². The predicted octanol–water partition coefficient (Wildman–Crippen LogP) is 1.75. The van der Waals surface area contributed by atoms with Gasteiger partial charge in [0.05, 0.1) is 6.61 Å². The third-order valence-corrected chi connectivity index (χ3v) is 1.30. The lowest BCUT2D eigenvalue weighted by molar-refractivity contribution is 0.371. The molecule has 10 heavy (non-hydrogen) atoms. The van der Waals surface area contributed by atoms with Crippen LogP contribution in [0.1, 0.15) is 5.56 Å². The summed E-state index contributed by atoms with van der Waals surface area (Å²) >= 11 is 3.60. The van der Waals surface area contributed by atoms with Gasteiger partial charge in [-0.15, -0.1) is 0 Å². The SMILES string of the molecule is Oc1ccc(COS)cc1. The molecule has 0 heterocycles. The first-order valence-electron chi connectivity index (χ1n) is 2.87. The van der Waals surface area contributed by atoms with E-state index in [1.807, 2.05) is 0 Å². The Bertz CT molecular complexity index is 195. The summed E-state index contributed by atoms with van der Waals surface area (Å²) in [5, 5.41) is 8.86. The summed E-state index contributed by atoms with van der Waals surface area (Å²) in [5.74, 6) is 0.267. The van der Waals surface area contributed by atoms with Crippen molar-refractivity contribution in [3.8, 4) is 5.75 Å². The molecule has 1 aromatic rings. The molecule has 0 amide bonds. The molecule has 0 bridgehead atoms. The Morgan fingerprint density at radius 1 is 1.30 bits per heavy atom. The van der Waals surface area contributed by atoms with Gasteiger partial charge in [0.1, 0.15) is 5.75 Å². The van der Waals surface area contributed by atoms with Gasteiger partial charge < -0.3 is 9.29 Å². The smallest absolute Gasteiger partial charge is 0.115 e. The van der Waals surface area contributed by atoms with Crippen molar-refractivity contribution in [3.05, 3.63) is 29.8 Å². The van der Waals surface area contributed by atoms with Crippen molar-refractivity contribution in [2.24, 2.45) is 0 Å². The second-order valence-corrected chi connectivity index (χ2v) is 2.20. The van der Waals surface area contributed by atoms with E-state index in [1.165, 1.54) is 0 Å². The van der Waals surface area contributed by atoms with E-state index in [9.17, 15) is 0 Å². The van der Waals surface area contributed by atoms with Gasteiger partial charge in [0, 0.05) is 0 Å². The lowest BCUT2D eigenvalue weighted by atomic mass is 10.2. The Morgan fingerprint density at radius 2 is 1.90 bits per heavy atom. The minimum absolute atomic E-state index is 0.267. The summed E-state index contributed by atoms with van der Waals surface area (Å²) in [5.41, 5.74) is 0.993. The Morgan fingerprint density at radius 3 is 2.40 bits per heavy atom. The summed E-state index contributed by atoms with van der Waals surface area (Å²) in [4.78, 5) is 0. The number of hydrogen-bond donors (Lipinski definition) is 2. The van der Waals surface area contributed by atoms with Crippen LogP contribution in [0, 0.1) is 0 Å². The van der Waals surface area contributed by atoms with E-state index in [-0.39, 0.29) is 5.75 Å². The highest BCUT2D eigenvalue weighted by Crippen LogP contribution is 2.10. The van der Waals surface area contributed by atoms with Crippen LogP contribution in [0.2, 0.25) is 0 Å². The molecule has 54 valence electrons. The summed E-state index contributed by atoms with van der Waals surface area (Å²) < 4.78 is 4.58.